The SMILES string of the molecule is COC(=O)C(C)C(O)c1cccc(C2CC2)c1. The lowest BCUT2D eigenvalue weighted by atomic mass is 9.95. The average molecular weight is 234 g/mol. The Kier molecular flexibility index (Phi) is 3.48. The molecule has 1 aromatic carbocycles. The molecular formula is C14H18O3. The van der Waals surface area contributed by atoms with Gasteiger partial charge in [0.1, 0.15) is 0 Å². The van der Waals surface area contributed by atoms with E-state index in [9.17, 15) is 9.90 Å². The summed E-state index contributed by atoms with van der Waals surface area (Å²) < 4.78 is 4.65. The van der Waals surface area contributed by atoms with Crippen molar-refractivity contribution < 1.29 is 14.6 Å². The molecule has 3 nitrogen and oxygen atoms in total. The molecule has 0 spiro atoms. The molecule has 0 amide bonds. The molecule has 0 saturated heterocycles. The van der Waals surface area contributed by atoms with Gasteiger partial charge in [-0.25, -0.2) is 0 Å². The second kappa shape index (κ2) is 4.88. The first kappa shape index (κ1) is 12.1. The van der Waals surface area contributed by atoms with E-state index < -0.39 is 12.0 Å². The van der Waals surface area contributed by atoms with Crippen molar-refractivity contribution in [2.75, 3.05) is 7.11 Å². The van der Waals surface area contributed by atoms with E-state index in [4.69, 9.17) is 0 Å². The van der Waals surface area contributed by atoms with Crippen molar-refractivity contribution in [3.05, 3.63) is 35.4 Å². The maximum atomic E-state index is 11.4. The second-order valence-corrected chi connectivity index (χ2v) is 4.70. The van der Waals surface area contributed by atoms with E-state index in [-0.39, 0.29) is 5.97 Å². The fraction of sp³-hybridized carbons (Fsp3) is 0.500. The van der Waals surface area contributed by atoms with Crippen LogP contribution in [0.15, 0.2) is 24.3 Å². The summed E-state index contributed by atoms with van der Waals surface area (Å²) in [6.07, 6.45) is 1.67. The van der Waals surface area contributed by atoms with Gasteiger partial charge in [-0.1, -0.05) is 24.3 Å². The largest absolute Gasteiger partial charge is 0.469 e. The van der Waals surface area contributed by atoms with E-state index >= 15 is 0 Å². The number of esters is 1. The molecule has 1 aromatic rings. The Hall–Kier alpha value is -1.35. The molecule has 2 rings (SSSR count). The molecule has 1 saturated carbocycles. The summed E-state index contributed by atoms with van der Waals surface area (Å²) in [5, 5.41) is 10.1. The first-order valence-electron chi connectivity index (χ1n) is 5.99. The van der Waals surface area contributed by atoms with Crippen LogP contribution in [0.25, 0.3) is 0 Å². The van der Waals surface area contributed by atoms with Crippen molar-refractivity contribution >= 4 is 5.97 Å². The van der Waals surface area contributed by atoms with E-state index in [1.165, 1.54) is 25.5 Å². The van der Waals surface area contributed by atoms with Gasteiger partial charge in [-0.2, -0.15) is 0 Å². The predicted molar refractivity (Wildman–Crippen MR) is 64.6 cm³/mol. The van der Waals surface area contributed by atoms with Crippen LogP contribution in [-0.2, 0) is 9.53 Å². The summed E-state index contributed by atoms with van der Waals surface area (Å²) in [6, 6.07) is 7.88. The fourth-order valence-corrected chi connectivity index (χ4v) is 2.02. The number of rotatable bonds is 4. The smallest absolute Gasteiger partial charge is 0.311 e. The highest BCUT2D eigenvalue weighted by Gasteiger charge is 2.27. The van der Waals surface area contributed by atoms with Crippen LogP contribution in [0.5, 0.6) is 0 Å². The normalized spacial score (nSPS) is 18.5. The van der Waals surface area contributed by atoms with Crippen molar-refractivity contribution in [1.29, 1.82) is 0 Å². The third-order valence-electron chi connectivity index (χ3n) is 3.35. The zero-order valence-corrected chi connectivity index (χ0v) is 10.2. The standard InChI is InChI=1S/C14H18O3/c1-9(14(16)17-2)13(15)12-5-3-4-11(8-12)10-6-7-10/h3-5,8-10,13,15H,6-7H2,1-2H3. The molecule has 3 heteroatoms. The van der Waals surface area contributed by atoms with Crippen LogP contribution in [0.1, 0.15) is 42.9 Å². The minimum atomic E-state index is -0.791. The molecule has 0 radical (unpaired) electrons. The Morgan fingerprint density at radius 3 is 2.76 bits per heavy atom. The molecule has 0 heterocycles. The molecule has 17 heavy (non-hydrogen) atoms. The van der Waals surface area contributed by atoms with Gasteiger partial charge in [0.15, 0.2) is 0 Å². The van der Waals surface area contributed by atoms with Gasteiger partial charge in [-0.15, -0.1) is 0 Å². The first-order chi connectivity index (χ1) is 8.13. The number of benzene rings is 1. The maximum absolute atomic E-state index is 11.4. The lowest BCUT2D eigenvalue weighted by Gasteiger charge is -2.17. The van der Waals surface area contributed by atoms with Gasteiger partial charge >= 0.3 is 5.97 Å². The minimum absolute atomic E-state index is 0.380. The van der Waals surface area contributed by atoms with Crippen molar-refractivity contribution in [3.8, 4) is 0 Å². The topological polar surface area (TPSA) is 46.5 Å². The molecule has 92 valence electrons. The Balaban J connectivity index is 2.15. The van der Waals surface area contributed by atoms with Crippen LogP contribution in [0.4, 0.5) is 0 Å². The molecule has 2 atom stereocenters. The van der Waals surface area contributed by atoms with Gasteiger partial charge in [-0.05, 0) is 36.8 Å². The lowest BCUT2D eigenvalue weighted by Crippen LogP contribution is -2.20. The van der Waals surface area contributed by atoms with Crippen LogP contribution < -0.4 is 0 Å². The number of methoxy groups -OCH3 is 1. The third kappa shape index (κ3) is 2.67. The van der Waals surface area contributed by atoms with E-state index in [1.807, 2.05) is 18.2 Å². The quantitative estimate of drug-likeness (QED) is 0.814. The van der Waals surface area contributed by atoms with Crippen molar-refractivity contribution in [1.82, 2.24) is 0 Å². The number of aliphatic hydroxyl groups excluding tert-OH is 1. The van der Waals surface area contributed by atoms with Crippen molar-refractivity contribution in [2.45, 2.75) is 31.8 Å². The van der Waals surface area contributed by atoms with E-state index in [2.05, 4.69) is 10.8 Å². The number of hydrogen-bond donors (Lipinski definition) is 1. The highest BCUT2D eigenvalue weighted by molar-refractivity contribution is 5.72. The highest BCUT2D eigenvalue weighted by Crippen LogP contribution is 2.40. The molecule has 1 aliphatic rings. The van der Waals surface area contributed by atoms with Crippen LogP contribution in [0.2, 0.25) is 0 Å². The van der Waals surface area contributed by atoms with Gasteiger partial charge in [0, 0.05) is 0 Å². The molecule has 0 aromatic heterocycles. The Bertz CT molecular complexity index is 410. The van der Waals surface area contributed by atoms with Crippen LogP contribution >= 0.6 is 0 Å². The molecule has 0 aliphatic heterocycles. The minimum Gasteiger partial charge on any atom is -0.469 e. The third-order valence-corrected chi connectivity index (χ3v) is 3.35. The van der Waals surface area contributed by atoms with Crippen LogP contribution in [-0.4, -0.2) is 18.2 Å². The van der Waals surface area contributed by atoms with E-state index in [0.717, 1.165) is 5.56 Å². The van der Waals surface area contributed by atoms with Gasteiger partial charge in [-0.3, -0.25) is 4.79 Å². The second-order valence-electron chi connectivity index (χ2n) is 4.70. The maximum Gasteiger partial charge on any atom is 0.311 e. The number of hydrogen-bond acceptors (Lipinski definition) is 3. The summed E-state index contributed by atoms with van der Waals surface area (Å²) in [6.45, 7) is 1.68. The Morgan fingerprint density at radius 1 is 1.47 bits per heavy atom. The van der Waals surface area contributed by atoms with Gasteiger partial charge in [0.2, 0.25) is 0 Å². The Labute approximate surface area is 101 Å². The molecule has 0 bridgehead atoms. The number of carbonyl (C=O) groups is 1. The van der Waals surface area contributed by atoms with Gasteiger partial charge < -0.3 is 9.84 Å². The number of ether oxygens (including phenoxy) is 1. The van der Waals surface area contributed by atoms with E-state index in [0.29, 0.717) is 5.92 Å². The average Bonchev–Trinajstić information content (AvgIpc) is 3.20. The van der Waals surface area contributed by atoms with E-state index in [1.54, 1.807) is 6.92 Å². The van der Waals surface area contributed by atoms with Crippen molar-refractivity contribution in [2.24, 2.45) is 5.92 Å². The van der Waals surface area contributed by atoms with Crippen molar-refractivity contribution in [3.63, 3.8) is 0 Å². The lowest BCUT2D eigenvalue weighted by molar-refractivity contribution is -0.148. The van der Waals surface area contributed by atoms with Crippen LogP contribution in [0, 0.1) is 5.92 Å². The molecule has 1 aliphatic carbocycles. The number of carbonyl (C=O) groups excluding carboxylic acids is 1. The summed E-state index contributed by atoms with van der Waals surface area (Å²) in [5.41, 5.74) is 2.06. The Morgan fingerprint density at radius 2 is 2.18 bits per heavy atom. The van der Waals surface area contributed by atoms with Crippen LogP contribution in [0.3, 0.4) is 0 Å². The predicted octanol–water partition coefficient (Wildman–Crippen LogP) is 2.41. The highest BCUT2D eigenvalue weighted by atomic mass is 16.5. The summed E-state index contributed by atoms with van der Waals surface area (Å²) >= 11 is 0. The molecular weight excluding hydrogens is 216 g/mol. The molecule has 1 N–H and O–H groups in total. The monoisotopic (exact) mass is 234 g/mol. The van der Waals surface area contributed by atoms with Gasteiger partial charge in [0.05, 0.1) is 19.1 Å². The molecule has 1 fully saturated rings. The fourth-order valence-electron chi connectivity index (χ4n) is 2.02. The zero-order valence-electron chi connectivity index (χ0n) is 10.2. The number of aliphatic hydroxyl groups is 1. The summed E-state index contributed by atoms with van der Waals surface area (Å²) in [5.74, 6) is -0.264. The first-order valence-corrected chi connectivity index (χ1v) is 5.99. The van der Waals surface area contributed by atoms with Gasteiger partial charge in [0.25, 0.3) is 0 Å². The summed E-state index contributed by atoms with van der Waals surface area (Å²) in [7, 11) is 1.34. The zero-order chi connectivity index (χ0) is 12.4. The molecule has 2 unspecified atom stereocenters. The summed E-state index contributed by atoms with van der Waals surface area (Å²) in [4.78, 5) is 11.4.